The molecule has 192 valence electrons. The molecule has 0 radical (unpaired) electrons. The molecule has 7 rings (SSSR count). The van der Waals surface area contributed by atoms with Crippen LogP contribution in [0, 0.1) is 6.92 Å². The van der Waals surface area contributed by atoms with Crippen molar-refractivity contribution in [3.8, 4) is 5.69 Å². The smallest absolute Gasteiger partial charge is 0.292 e. The maximum Gasteiger partial charge on any atom is 0.292 e. The van der Waals surface area contributed by atoms with Crippen LogP contribution in [-0.4, -0.2) is 29.3 Å². The maximum atomic E-state index is 13.9. The summed E-state index contributed by atoms with van der Waals surface area (Å²) in [6.07, 6.45) is 5.86. The van der Waals surface area contributed by atoms with Crippen LogP contribution < -0.4 is 17.0 Å². The van der Waals surface area contributed by atoms with Crippen molar-refractivity contribution in [3.63, 3.8) is 0 Å². The summed E-state index contributed by atoms with van der Waals surface area (Å²) in [7, 11) is 0. The van der Waals surface area contributed by atoms with Crippen LogP contribution >= 0.6 is 0 Å². The van der Waals surface area contributed by atoms with E-state index in [0.717, 1.165) is 33.7 Å². The van der Waals surface area contributed by atoms with Crippen molar-refractivity contribution in [3.05, 3.63) is 106 Å². The van der Waals surface area contributed by atoms with Crippen LogP contribution in [0.4, 0.5) is 11.8 Å². The summed E-state index contributed by atoms with van der Waals surface area (Å²) < 4.78 is 9.15. The van der Waals surface area contributed by atoms with Gasteiger partial charge in [-0.05, 0) is 42.1 Å². The van der Waals surface area contributed by atoms with Gasteiger partial charge in [0.2, 0.25) is 0 Å². The summed E-state index contributed by atoms with van der Waals surface area (Å²) in [5, 5.41) is 7.23. The molecule has 0 bridgehead atoms. The van der Waals surface area contributed by atoms with Crippen LogP contribution in [0.2, 0.25) is 0 Å². The van der Waals surface area contributed by atoms with Crippen molar-refractivity contribution < 1.29 is 4.42 Å². The number of nitrogens with two attached hydrogens (primary N) is 2. The number of anilines is 2. The van der Waals surface area contributed by atoms with E-state index in [9.17, 15) is 4.79 Å². The van der Waals surface area contributed by atoms with Gasteiger partial charge in [0, 0.05) is 23.7 Å². The van der Waals surface area contributed by atoms with Gasteiger partial charge in [-0.15, -0.1) is 0 Å². The number of nitrogen functional groups attached to an aromatic ring is 2. The van der Waals surface area contributed by atoms with Gasteiger partial charge in [0.1, 0.15) is 23.6 Å². The zero-order valence-corrected chi connectivity index (χ0v) is 21.1. The first-order valence-corrected chi connectivity index (χ1v) is 12.6. The molecule has 39 heavy (non-hydrogen) atoms. The Bertz CT molecular complexity index is 1980. The standard InChI is InChI=1S/C29H24N8O2/c1-16-6-5-7-17-12-20(37(28(38)23(16)17)19-8-3-2-4-9-19)14-36-27-24(26(30)32-15-33-27)25(35-36)18-10-11-21-22(13-18)39-29(31)34-21/h2-12,15,18H,13-14H2,1H3,(H2,31,34)(H2,30,32,33). The van der Waals surface area contributed by atoms with E-state index < -0.39 is 0 Å². The Morgan fingerprint density at radius 1 is 1.05 bits per heavy atom. The zero-order valence-electron chi connectivity index (χ0n) is 21.1. The number of pyridine rings is 1. The molecular formula is C29H24N8O2. The second-order valence-corrected chi connectivity index (χ2v) is 9.68. The molecular weight excluding hydrogens is 492 g/mol. The number of hydrogen-bond acceptors (Lipinski definition) is 8. The first-order chi connectivity index (χ1) is 19.0. The van der Waals surface area contributed by atoms with Crippen molar-refractivity contribution in [1.82, 2.24) is 29.3 Å². The Hall–Kier alpha value is -5.25. The number of fused-ring (bicyclic) bond motifs is 3. The fourth-order valence-electron chi connectivity index (χ4n) is 5.47. The number of oxazole rings is 1. The molecule has 1 atom stereocenters. The minimum atomic E-state index is -0.141. The lowest BCUT2D eigenvalue weighted by Crippen LogP contribution is -2.24. The van der Waals surface area contributed by atoms with Crippen molar-refractivity contribution in [2.75, 3.05) is 11.5 Å². The lowest BCUT2D eigenvalue weighted by atomic mass is 9.92. The lowest BCUT2D eigenvalue weighted by Gasteiger charge is -2.16. The molecule has 6 aromatic rings. The number of nitrogens with zero attached hydrogens (tertiary/aromatic N) is 6. The highest BCUT2D eigenvalue weighted by molar-refractivity contribution is 5.89. The van der Waals surface area contributed by atoms with Gasteiger partial charge < -0.3 is 15.9 Å². The SMILES string of the molecule is Cc1cccc2cc(Cn3nc(C4C=Cc5nc(N)oc5C4)c4c(N)ncnc43)n(-c3ccccc3)c(=O)c12. The van der Waals surface area contributed by atoms with E-state index in [1.807, 2.05) is 73.7 Å². The number of aromatic nitrogens is 6. The Balaban J connectivity index is 1.41. The highest BCUT2D eigenvalue weighted by Gasteiger charge is 2.27. The third kappa shape index (κ3) is 3.68. The summed E-state index contributed by atoms with van der Waals surface area (Å²) in [5.41, 5.74) is 16.6. The quantitative estimate of drug-likeness (QED) is 0.358. The number of aryl methyl sites for hydroxylation is 1. The predicted molar refractivity (Wildman–Crippen MR) is 150 cm³/mol. The summed E-state index contributed by atoms with van der Waals surface area (Å²) in [4.78, 5) is 26.9. The van der Waals surface area contributed by atoms with E-state index in [-0.39, 0.29) is 24.0 Å². The van der Waals surface area contributed by atoms with Gasteiger partial charge in [0.25, 0.3) is 11.6 Å². The number of allylic oxidation sites excluding steroid dienone is 1. The highest BCUT2D eigenvalue weighted by Crippen LogP contribution is 2.35. The highest BCUT2D eigenvalue weighted by atomic mass is 16.4. The van der Waals surface area contributed by atoms with Gasteiger partial charge in [-0.2, -0.15) is 10.1 Å². The molecule has 0 spiro atoms. The first kappa shape index (κ1) is 22.9. The molecule has 1 unspecified atom stereocenters. The second kappa shape index (κ2) is 8.66. The third-order valence-corrected chi connectivity index (χ3v) is 7.23. The van der Waals surface area contributed by atoms with Crippen molar-refractivity contribution in [1.29, 1.82) is 0 Å². The number of para-hydroxylation sites is 1. The Morgan fingerprint density at radius 3 is 2.74 bits per heavy atom. The van der Waals surface area contributed by atoms with Crippen molar-refractivity contribution in [2.24, 2.45) is 0 Å². The molecule has 0 fully saturated rings. The Morgan fingerprint density at radius 2 is 1.90 bits per heavy atom. The van der Waals surface area contributed by atoms with Crippen molar-refractivity contribution >= 4 is 39.7 Å². The number of hydrogen-bond donors (Lipinski definition) is 2. The predicted octanol–water partition coefficient (Wildman–Crippen LogP) is 3.99. The van der Waals surface area contributed by atoms with E-state index in [1.165, 1.54) is 6.33 Å². The summed E-state index contributed by atoms with van der Waals surface area (Å²) in [5.74, 6) is 0.894. The van der Waals surface area contributed by atoms with E-state index in [2.05, 4.69) is 15.0 Å². The summed E-state index contributed by atoms with van der Waals surface area (Å²) >= 11 is 0. The average Bonchev–Trinajstić information content (AvgIpc) is 3.49. The van der Waals surface area contributed by atoms with Crippen LogP contribution in [0.25, 0.3) is 33.6 Å². The second-order valence-electron chi connectivity index (χ2n) is 9.68. The zero-order chi connectivity index (χ0) is 26.7. The van der Waals surface area contributed by atoms with Gasteiger partial charge in [0.05, 0.1) is 23.0 Å². The van der Waals surface area contributed by atoms with E-state index in [0.29, 0.717) is 34.4 Å². The van der Waals surface area contributed by atoms with Gasteiger partial charge >= 0.3 is 0 Å². The van der Waals surface area contributed by atoms with Crippen LogP contribution in [0.5, 0.6) is 0 Å². The fourth-order valence-corrected chi connectivity index (χ4v) is 5.47. The summed E-state index contributed by atoms with van der Waals surface area (Å²) in [6, 6.07) is 17.7. The third-order valence-electron chi connectivity index (χ3n) is 7.23. The van der Waals surface area contributed by atoms with Crippen LogP contribution in [-0.2, 0) is 13.0 Å². The number of benzene rings is 2. The molecule has 1 aliphatic carbocycles. The van der Waals surface area contributed by atoms with Crippen LogP contribution in [0.15, 0.2) is 76.2 Å². The molecule has 0 aliphatic heterocycles. The largest absolute Gasteiger partial charge is 0.428 e. The normalized spacial score (nSPS) is 14.7. The fraction of sp³-hybridized carbons (Fsp3) is 0.138. The molecule has 0 saturated heterocycles. The van der Waals surface area contributed by atoms with E-state index in [4.69, 9.17) is 21.0 Å². The summed E-state index contributed by atoms with van der Waals surface area (Å²) in [6.45, 7) is 2.24. The van der Waals surface area contributed by atoms with E-state index >= 15 is 0 Å². The molecule has 0 amide bonds. The lowest BCUT2D eigenvalue weighted by molar-refractivity contribution is 0.507. The molecule has 4 aromatic heterocycles. The molecule has 10 heteroatoms. The molecule has 1 aliphatic rings. The first-order valence-electron chi connectivity index (χ1n) is 12.6. The number of rotatable bonds is 4. The monoisotopic (exact) mass is 516 g/mol. The van der Waals surface area contributed by atoms with E-state index in [1.54, 1.807) is 9.25 Å². The Kier molecular flexibility index (Phi) is 5.09. The minimum absolute atomic E-state index is 0.0803. The topological polar surface area (TPSA) is 144 Å². The maximum absolute atomic E-state index is 13.9. The van der Waals surface area contributed by atoms with Gasteiger partial charge in [-0.25, -0.2) is 14.6 Å². The minimum Gasteiger partial charge on any atom is -0.428 e. The molecule has 10 nitrogen and oxygen atoms in total. The van der Waals surface area contributed by atoms with Crippen LogP contribution in [0.1, 0.15) is 34.3 Å². The molecule has 4 N–H and O–H groups in total. The van der Waals surface area contributed by atoms with Gasteiger partial charge in [0.15, 0.2) is 5.65 Å². The average molecular weight is 517 g/mol. The Labute approximate surface area is 222 Å². The van der Waals surface area contributed by atoms with Crippen molar-refractivity contribution in [2.45, 2.75) is 25.8 Å². The van der Waals surface area contributed by atoms with Gasteiger partial charge in [-0.3, -0.25) is 9.36 Å². The van der Waals surface area contributed by atoms with Crippen LogP contribution in [0.3, 0.4) is 0 Å². The molecule has 0 saturated carbocycles. The molecule has 4 heterocycles. The molecule has 2 aromatic carbocycles. The van der Waals surface area contributed by atoms with Gasteiger partial charge in [-0.1, -0.05) is 42.5 Å².